The highest BCUT2D eigenvalue weighted by Crippen LogP contribution is 2.19. The zero-order valence-corrected chi connectivity index (χ0v) is 15.9. The number of ether oxygens (including phenoxy) is 1. The first-order valence-electron chi connectivity index (χ1n) is 9.30. The Hall–Kier alpha value is -2.33. The van der Waals surface area contributed by atoms with Crippen LogP contribution >= 0.6 is 0 Å². The Balaban J connectivity index is 1.49. The maximum atomic E-state index is 12.9. The number of amides is 1. The van der Waals surface area contributed by atoms with E-state index < -0.39 is 0 Å². The summed E-state index contributed by atoms with van der Waals surface area (Å²) in [6.07, 6.45) is 0.939. The van der Waals surface area contributed by atoms with E-state index >= 15 is 0 Å². The molecule has 0 radical (unpaired) electrons. The standard InChI is InChI=1S/C22H28N2O2/c1-17-8-10-21(11-9-17)26-15-14-23(3)18(2)22(25)24-13-12-19-6-4-5-7-20(19)16-24/h4-11,18H,12-16H2,1-3H3. The van der Waals surface area contributed by atoms with Gasteiger partial charge in [0.1, 0.15) is 12.4 Å². The summed E-state index contributed by atoms with van der Waals surface area (Å²) in [5.74, 6) is 1.06. The minimum absolute atomic E-state index is 0.151. The number of carbonyl (C=O) groups excluding carboxylic acids is 1. The summed E-state index contributed by atoms with van der Waals surface area (Å²) in [4.78, 5) is 16.9. The van der Waals surface area contributed by atoms with Crippen LogP contribution in [-0.4, -0.2) is 48.5 Å². The highest BCUT2D eigenvalue weighted by Gasteiger charge is 2.26. The average molecular weight is 352 g/mol. The van der Waals surface area contributed by atoms with Crippen molar-refractivity contribution in [3.63, 3.8) is 0 Å². The number of fused-ring (bicyclic) bond motifs is 1. The molecule has 26 heavy (non-hydrogen) atoms. The van der Waals surface area contributed by atoms with Crippen molar-refractivity contribution in [2.75, 3.05) is 26.7 Å². The minimum Gasteiger partial charge on any atom is -0.492 e. The lowest BCUT2D eigenvalue weighted by atomic mass is 9.99. The van der Waals surface area contributed by atoms with Crippen molar-refractivity contribution in [3.05, 3.63) is 65.2 Å². The van der Waals surface area contributed by atoms with Gasteiger partial charge in [-0.15, -0.1) is 0 Å². The van der Waals surface area contributed by atoms with E-state index in [-0.39, 0.29) is 11.9 Å². The van der Waals surface area contributed by atoms with Crippen LogP contribution in [0.3, 0.4) is 0 Å². The zero-order chi connectivity index (χ0) is 18.5. The third kappa shape index (κ3) is 4.44. The van der Waals surface area contributed by atoms with E-state index in [1.807, 2.05) is 49.2 Å². The fourth-order valence-electron chi connectivity index (χ4n) is 3.27. The molecule has 0 saturated heterocycles. The van der Waals surface area contributed by atoms with Gasteiger partial charge in [0.15, 0.2) is 0 Å². The summed E-state index contributed by atoms with van der Waals surface area (Å²) in [5, 5.41) is 0. The third-order valence-electron chi connectivity index (χ3n) is 5.19. The van der Waals surface area contributed by atoms with E-state index in [0.29, 0.717) is 19.7 Å². The van der Waals surface area contributed by atoms with Gasteiger partial charge in [0, 0.05) is 19.6 Å². The molecule has 4 heteroatoms. The van der Waals surface area contributed by atoms with Gasteiger partial charge >= 0.3 is 0 Å². The fourth-order valence-corrected chi connectivity index (χ4v) is 3.27. The molecule has 0 aromatic heterocycles. The van der Waals surface area contributed by atoms with Crippen LogP contribution in [0.15, 0.2) is 48.5 Å². The van der Waals surface area contributed by atoms with Gasteiger partial charge in [-0.3, -0.25) is 9.69 Å². The normalized spacial score (nSPS) is 14.8. The fraction of sp³-hybridized carbons (Fsp3) is 0.409. The second-order valence-corrected chi connectivity index (χ2v) is 7.10. The molecule has 138 valence electrons. The summed E-state index contributed by atoms with van der Waals surface area (Å²) in [6, 6.07) is 16.3. The van der Waals surface area contributed by atoms with Gasteiger partial charge in [-0.1, -0.05) is 42.0 Å². The maximum Gasteiger partial charge on any atom is 0.239 e. The first-order valence-corrected chi connectivity index (χ1v) is 9.30. The van der Waals surface area contributed by atoms with Gasteiger partial charge in [0.2, 0.25) is 5.91 Å². The molecular weight excluding hydrogens is 324 g/mol. The summed E-state index contributed by atoms with van der Waals surface area (Å²) in [6.45, 7) is 6.84. The topological polar surface area (TPSA) is 32.8 Å². The Bertz CT molecular complexity index is 742. The van der Waals surface area contributed by atoms with Crippen molar-refractivity contribution in [1.29, 1.82) is 0 Å². The Kier molecular flexibility index (Phi) is 5.94. The molecule has 0 N–H and O–H groups in total. The van der Waals surface area contributed by atoms with Crippen LogP contribution < -0.4 is 4.74 Å². The molecule has 0 spiro atoms. The molecule has 0 saturated carbocycles. The van der Waals surface area contributed by atoms with Gasteiger partial charge in [0.05, 0.1) is 6.04 Å². The molecule has 1 amide bonds. The van der Waals surface area contributed by atoms with Crippen LogP contribution in [0.5, 0.6) is 5.75 Å². The van der Waals surface area contributed by atoms with Crippen molar-refractivity contribution in [2.24, 2.45) is 0 Å². The lowest BCUT2D eigenvalue weighted by molar-refractivity contribution is -0.137. The van der Waals surface area contributed by atoms with Gasteiger partial charge in [-0.05, 0) is 50.6 Å². The van der Waals surface area contributed by atoms with E-state index in [0.717, 1.165) is 18.7 Å². The Labute approximate surface area is 156 Å². The molecule has 0 fully saturated rings. The van der Waals surface area contributed by atoms with E-state index in [1.165, 1.54) is 16.7 Å². The maximum absolute atomic E-state index is 12.9. The smallest absolute Gasteiger partial charge is 0.239 e. The highest BCUT2D eigenvalue weighted by atomic mass is 16.5. The molecule has 1 aliphatic heterocycles. The lowest BCUT2D eigenvalue weighted by Crippen LogP contribution is -2.48. The van der Waals surface area contributed by atoms with Crippen molar-refractivity contribution in [2.45, 2.75) is 32.9 Å². The molecule has 1 heterocycles. The van der Waals surface area contributed by atoms with Crippen LogP contribution in [-0.2, 0) is 17.8 Å². The SMILES string of the molecule is Cc1ccc(OCCN(C)C(C)C(=O)N2CCc3ccccc3C2)cc1. The van der Waals surface area contributed by atoms with Gasteiger partial charge < -0.3 is 9.64 Å². The number of nitrogens with zero attached hydrogens (tertiary/aromatic N) is 2. The largest absolute Gasteiger partial charge is 0.492 e. The molecule has 0 bridgehead atoms. The molecule has 1 unspecified atom stereocenters. The van der Waals surface area contributed by atoms with Crippen molar-refractivity contribution < 1.29 is 9.53 Å². The molecule has 4 nitrogen and oxygen atoms in total. The molecule has 1 aliphatic rings. The van der Waals surface area contributed by atoms with Crippen LogP contribution in [0.1, 0.15) is 23.6 Å². The highest BCUT2D eigenvalue weighted by molar-refractivity contribution is 5.81. The summed E-state index contributed by atoms with van der Waals surface area (Å²) in [5.41, 5.74) is 3.85. The third-order valence-corrected chi connectivity index (χ3v) is 5.19. The van der Waals surface area contributed by atoms with Crippen LogP contribution in [0.4, 0.5) is 0 Å². The predicted molar refractivity (Wildman–Crippen MR) is 104 cm³/mol. The number of hydrogen-bond donors (Lipinski definition) is 0. The van der Waals surface area contributed by atoms with Gasteiger partial charge in [0.25, 0.3) is 0 Å². The zero-order valence-electron chi connectivity index (χ0n) is 15.9. The van der Waals surface area contributed by atoms with E-state index in [2.05, 4.69) is 30.0 Å². The Morgan fingerprint density at radius 3 is 2.58 bits per heavy atom. The van der Waals surface area contributed by atoms with Crippen molar-refractivity contribution in [1.82, 2.24) is 9.80 Å². The van der Waals surface area contributed by atoms with Crippen molar-refractivity contribution >= 4 is 5.91 Å². The lowest BCUT2D eigenvalue weighted by Gasteiger charge is -2.33. The summed E-state index contributed by atoms with van der Waals surface area (Å²) in [7, 11) is 1.99. The molecular formula is C22H28N2O2. The van der Waals surface area contributed by atoms with Gasteiger partial charge in [-0.2, -0.15) is 0 Å². The summed E-state index contributed by atoms with van der Waals surface area (Å²) >= 11 is 0. The number of likely N-dealkylation sites (N-methyl/N-ethyl adjacent to an activating group) is 1. The second kappa shape index (κ2) is 8.37. The molecule has 2 aromatic rings. The molecule has 2 aromatic carbocycles. The van der Waals surface area contributed by atoms with E-state index in [9.17, 15) is 4.79 Å². The number of hydrogen-bond acceptors (Lipinski definition) is 3. The predicted octanol–water partition coefficient (Wildman–Crippen LogP) is 3.28. The Morgan fingerprint density at radius 1 is 1.15 bits per heavy atom. The average Bonchev–Trinajstić information content (AvgIpc) is 2.68. The number of rotatable bonds is 6. The van der Waals surface area contributed by atoms with Gasteiger partial charge in [-0.25, -0.2) is 0 Å². The van der Waals surface area contributed by atoms with Crippen LogP contribution in [0, 0.1) is 6.92 Å². The first-order chi connectivity index (χ1) is 12.5. The van der Waals surface area contributed by atoms with Crippen molar-refractivity contribution in [3.8, 4) is 5.75 Å². The monoisotopic (exact) mass is 352 g/mol. The molecule has 1 atom stereocenters. The van der Waals surface area contributed by atoms with Crippen LogP contribution in [0.25, 0.3) is 0 Å². The number of aryl methyl sites for hydroxylation is 1. The molecule has 3 rings (SSSR count). The quantitative estimate of drug-likeness (QED) is 0.800. The van der Waals surface area contributed by atoms with E-state index in [4.69, 9.17) is 4.74 Å². The summed E-state index contributed by atoms with van der Waals surface area (Å²) < 4.78 is 5.79. The molecule has 0 aliphatic carbocycles. The number of benzene rings is 2. The number of carbonyl (C=O) groups is 1. The van der Waals surface area contributed by atoms with Crippen LogP contribution in [0.2, 0.25) is 0 Å². The first kappa shape index (κ1) is 18.5. The van der Waals surface area contributed by atoms with E-state index in [1.54, 1.807) is 0 Å². The second-order valence-electron chi connectivity index (χ2n) is 7.10. The minimum atomic E-state index is -0.151. The Morgan fingerprint density at radius 2 is 1.85 bits per heavy atom.